The first-order valence-corrected chi connectivity index (χ1v) is 6.71. The Morgan fingerprint density at radius 2 is 1.79 bits per heavy atom. The average molecular weight is 327 g/mol. The quantitative estimate of drug-likeness (QED) is 0.728. The van der Waals surface area contributed by atoms with Crippen LogP contribution in [0.3, 0.4) is 0 Å². The lowest BCUT2D eigenvalue weighted by Crippen LogP contribution is -2.27. The maximum Gasteiger partial charge on any atom is 0.216 e. The monoisotopic (exact) mass is 325 g/mol. The summed E-state index contributed by atoms with van der Waals surface area (Å²) >= 11 is 17.5. The van der Waals surface area contributed by atoms with Crippen molar-refractivity contribution in [1.82, 2.24) is 5.32 Å². The van der Waals surface area contributed by atoms with E-state index in [2.05, 4.69) is 5.32 Å². The number of aliphatic hydroxyl groups is 2. The van der Waals surface area contributed by atoms with Crippen molar-refractivity contribution in [1.29, 1.82) is 0 Å². The van der Waals surface area contributed by atoms with Gasteiger partial charge in [0.2, 0.25) is 5.91 Å². The van der Waals surface area contributed by atoms with Crippen LogP contribution in [0.1, 0.15) is 25.0 Å². The second kappa shape index (κ2) is 7.31. The normalized spacial score (nSPS) is 14.0. The molecule has 4 nitrogen and oxygen atoms in total. The topological polar surface area (TPSA) is 69.6 Å². The first kappa shape index (κ1) is 16.5. The van der Waals surface area contributed by atoms with Gasteiger partial charge in [-0.15, -0.1) is 0 Å². The highest BCUT2D eigenvalue weighted by Crippen LogP contribution is 2.34. The lowest BCUT2D eigenvalue weighted by Gasteiger charge is -2.19. The van der Waals surface area contributed by atoms with Crippen LogP contribution in [0.15, 0.2) is 12.1 Å². The SMILES string of the molecule is CC(=O)NCCC(O)C(O)c1cc(Cl)c(Cl)c(Cl)c1. The molecule has 2 unspecified atom stereocenters. The van der Waals surface area contributed by atoms with Crippen molar-refractivity contribution in [3.8, 4) is 0 Å². The molecular weight excluding hydrogens is 312 g/mol. The highest BCUT2D eigenvalue weighted by atomic mass is 35.5. The first-order valence-electron chi connectivity index (χ1n) is 5.58. The third-order valence-corrected chi connectivity index (χ3v) is 3.72. The summed E-state index contributed by atoms with van der Waals surface area (Å²) in [6, 6.07) is 2.89. The van der Waals surface area contributed by atoms with Gasteiger partial charge in [-0.2, -0.15) is 0 Å². The number of benzene rings is 1. The Labute approximate surface area is 126 Å². The Balaban J connectivity index is 2.71. The maximum atomic E-state index is 10.7. The minimum absolute atomic E-state index is 0.195. The van der Waals surface area contributed by atoms with Crippen LogP contribution in [-0.4, -0.2) is 28.8 Å². The molecule has 3 N–H and O–H groups in total. The Morgan fingerprint density at radius 1 is 1.26 bits per heavy atom. The maximum absolute atomic E-state index is 10.7. The highest BCUT2D eigenvalue weighted by Gasteiger charge is 2.20. The van der Waals surface area contributed by atoms with Gasteiger partial charge in [0.25, 0.3) is 0 Å². The van der Waals surface area contributed by atoms with E-state index in [-0.39, 0.29) is 33.9 Å². The Morgan fingerprint density at radius 3 is 2.26 bits per heavy atom. The van der Waals surface area contributed by atoms with Gasteiger partial charge in [-0.05, 0) is 24.1 Å². The minimum atomic E-state index is -1.15. The van der Waals surface area contributed by atoms with Crippen LogP contribution < -0.4 is 5.32 Å². The van der Waals surface area contributed by atoms with Crippen LogP contribution in [0, 0.1) is 0 Å². The number of carbonyl (C=O) groups excluding carboxylic acids is 1. The molecule has 0 aromatic heterocycles. The summed E-state index contributed by atoms with van der Waals surface area (Å²) in [5.74, 6) is -0.195. The Kier molecular flexibility index (Phi) is 6.36. The molecule has 1 amide bonds. The molecular formula is C12H14Cl3NO3. The van der Waals surface area contributed by atoms with Crippen molar-refractivity contribution >= 4 is 40.7 Å². The molecule has 0 aliphatic carbocycles. The van der Waals surface area contributed by atoms with Gasteiger partial charge in [0.1, 0.15) is 6.10 Å². The van der Waals surface area contributed by atoms with Gasteiger partial charge < -0.3 is 15.5 Å². The van der Waals surface area contributed by atoms with Crippen molar-refractivity contribution in [2.75, 3.05) is 6.54 Å². The predicted octanol–water partition coefficient (Wildman–Crippen LogP) is 2.57. The molecule has 0 fully saturated rings. The molecule has 19 heavy (non-hydrogen) atoms. The number of carbonyl (C=O) groups is 1. The molecule has 0 aliphatic heterocycles. The van der Waals surface area contributed by atoms with Gasteiger partial charge in [-0.3, -0.25) is 4.79 Å². The summed E-state index contributed by atoms with van der Waals surface area (Å²) in [6.07, 6.45) is -1.99. The van der Waals surface area contributed by atoms with E-state index in [4.69, 9.17) is 34.8 Å². The summed E-state index contributed by atoms with van der Waals surface area (Å²) in [4.78, 5) is 10.7. The van der Waals surface area contributed by atoms with E-state index in [1.54, 1.807) is 0 Å². The summed E-state index contributed by atoms with van der Waals surface area (Å²) in [6.45, 7) is 1.64. The molecule has 1 aromatic rings. The highest BCUT2D eigenvalue weighted by molar-refractivity contribution is 6.48. The zero-order chi connectivity index (χ0) is 14.6. The van der Waals surface area contributed by atoms with Crippen LogP contribution in [0.4, 0.5) is 0 Å². The van der Waals surface area contributed by atoms with E-state index in [1.165, 1.54) is 19.1 Å². The molecule has 7 heteroatoms. The number of nitrogens with one attached hydrogen (secondary N) is 1. The number of halogens is 3. The largest absolute Gasteiger partial charge is 0.390 e. The molecule has 0 spiro atoms. The second-order valence-corrected chi connectivity index (χ2v) is 5.27. The number of hydrogen-bond acceptors (Lipinski definition) is 3. The fraction of sp³-hybridized carbons (Fsp3) is 0.417. The van der Waals surface area contributed by atoms with E-state index in [0.29, 0.717) is 5.56 Å². The smallest absolute Gasteiger partial charge is 0.216 e. The van der Waals surface area contributed by atoms with Crippen LogP contribution in [0.5, 0.6) is 0 Å². The van der Waals surface area contributed by atoms with Crippen LogP contribution in [0.25, 0.3) is 0 Å². The number of hydrogen-bond donors (Lipinski definition) is 3. The zero-order valence-corrected chi connectivity index (χ0v) is 12.4. The van der Waals surface area contributed by atoms with Crippen molar-refractivity contribution in [2.45, 2.75) is 25.6 Å². The van der Waals surface area contributed by atoms with E-state index in [1.807, 2.05) is 0 Å². The van der Waals surface area contributed by atoms with Gasteiger partial charge in [-0.1, -0.05) is 34.8 Å². The lowest BCUT2D eigenvalue weighted by atomic mass is 10.0. The minimum Gasteiger partial charge on any atom is -0.390 e. The van der Waals surface area contributed by atoms with Gasteiger partial charge in [0.05, 0.1) is 21.2 Å². The summed E-state index contributed by atoms with van der Waals surface area (Å²) in [7, 11) is 0. The van der Waals surface area contributed by atoms with Crippen molar-refractivity contribution < 1.29 is 15.0 Å². The van der Waals surface area contributed by atoms with Crippen molar-refractivity contribution in [3.63, 3.8) is 0 Å². The van der Waals surface area contributed by atoms with Crippen LogP contribution in [-0.2, 0) is 4.79 Å². The third-order valence-electron chi connectivity index (χ3n) is 2.53. The Bertz CT molecular complexity index is 445. The van der Waals surface area contributed by atoms with Gasteiger partial charge in [-0.25, -0.2) is 0 Å². The molecule has 0 radical (unpaired) electrons. The van der Waals surface area contributed by atoms with Crippen LogP contribution in [0.2, 0.25) is 15.1 Å². The molecule has 0 bridgehead atoms. The molecule has 2 atom stereocenters. The zero-order valence-electron chi connectivity index (χ0n) is 10.2. The van der Waals surface area contributed by atoms with E-state index in [0.717, 1.165) is 0 Å². The van der Waals surface area contributed by atoms with Crippen molar-refractivity contribution in [3.05, 3.63) is 32.8 Å². The molecule has 0 heterocycles. The second-order valence-electron chi connectivity index (χ2n) is 4.08. The first-order chi connectivity index (χ1) is 8.82. The Hall–Kier alpha value is -0.520. The number of rotatable bonds is 5. The summed E-state index contributed by atoms with van der Waals surface area (Å²) in [5.41, 5.74) is 0.370. The standard InChI is InChI=1S/C12H14Cl3NO3/c1-6(17)16-3-2-10(18)12(19)7-4-8(13)11(15)9(14)5-7/h4-5,10,12,18-19H,2-3H2,1H3,(H,16,17). The molecule has 0 aliphatic rings. The van der Waals surface area contributed by atoms with Gasteiger partial charge >= 0.3 is 0 Å². The predicted molar refractivity (Wildman–Crippen MR) is 75.7 cm³/mol. The lowest BCUT2D eigenvalue weighted by molar-refractivity contribution is -0.119. The molecule has 1 aromatic carbocycles. The molecule has 106 valence electrons. The molecule has 1 rings (SSSR count). The number of amides is 1. The molecule has 0 saturated carbocycles. The third kappa shape index (κ3) is 4.82. The van der Waals surface area contributed by atoms with Crippen LogP contribution >= 0.6 is 34.8 Å². The van der Waals surface area contributed by atoms with Gasteiger partial charge in [0, 0.05) is 13.5 Å². The van der Waals surface area contributed by atoms with Gasteiger partial charge in [0.15, 0.2) is 0 Å². The number of aliphatic hydroxyl groups excluding tert-OH is 2. The van der Waals surface area contributed by atoms with E-state index < -0.39 is 12.2 Å². The summed E-state index contributed by atoms with van der Waals surface area (Å²) < 4.78 is 0. The molecule has 0 saturated heterocycles. The van der Waals surface area contributed by atoms with Crippen molar-refractivity contribution in [2.24, 2.45) is 0 Å². The van der Waals surface area contributed by atoms with E-state index >= 15 is 0 Å². The summed E-state index contributed by atoms with van der Waals surface area (Å²) in [5, 5.41) is 22.9. The fourth-order valence-corrected chi connectivity index (χ4v) is 2.14. The average Bonchev–Trinajstić information content (AvgIpc) is 2.33. The van der Waals surface area contributed by atoms with E-state index in [9.17, 15) is 15.0 Å². The fourth-order valence-electron chi connectivity index (χ4n) is 1.52.